The third kappa shape index (κ3) is 2.89. The van der Waals surface area contributed by atoms with Crippen molar-refractivity contribution in [2.45, 2.75) is 26.3 Å². The van der Waals surface area contributed by atoms with Crippen molar-refractivity contribution in [2.75, 3.05) is 6.61 Å². The summed E-state index contributed by atoms with van der Waals surface area (Å²) in [6, 6.07) is 1.95. The lowest BCUT2D eigenvalue weighted by molar-refractivity contribution is -0.144. The fourth-order valence-electron chi connectivity index (χ4n) is 0.933. The van der Waals surface area contributed by atoms with E-state index in [4.69, 9.17) is 4.74 Å². The predicted molar refractivity (Wildman–Crippen MR) is 48.2 cm³/mol. The van der Waals surface area contributed by atoms with Crippen molar-refractivity contribution >= 4 is 5.97 Å². The quantitative estimate of drug-likeness (QED) is 0.661. The van der Waals surface area contributed by atoms with Crippen LogP contribution in [0.4, 0.5) is 0 Å². The van der Waals surface area contributed by atoms with Gasteiger partial charge in [-0.2, -0.15) is 5.10 Å². The SMILES string of the molecule is CCC(=O)OCC(C)n1cccn1. The Bertz CT molecular complexity index is 257. The Balaban J connectivity index is 2.34. The molecule has 0 aromatic carbocycles. The Morgan fingerprint density at radius 3 is 3.00 bits per heavy atom. The molecule has 0 radical (unpaired) electrons. The van der Waals surface area contributed by atoms with Crippen LogP contribution in [0.2, 0.25) is 0 Å². The van der Waals surface area contributed by atoms with Crippen LogP contribution in [0.1, 0.15) is 26.3 Å². The molecule has 0 spiro atoms. The molecular formula is C9H14N2O2. The second kappa shape index (κ2) is 4.64. The molecule has 13 heavy (non-hydrogen) atoms. The van der Waals surface area contributed by atoms with Crippen LogP contribution >= 0.6 is 0 Å². The zero-order chi connectivity index (χ0) is 9.68. The number of aromatic nitrogens is 2. The van der Waals surface area contributed by atoms with Crippen molar-refractivity contribution in [3.63, 3.8) is 0 Å². The van der Waals surface area contributed by atoms with Crippen molar-refractivity contribution in [3.8, 4) is 0 Å². The number of hydrogen-bond donors (Lipinski definition) is 0. The van der Waals surface area contributed by atoms with E-state index in [2.05, 4.69) is 5.10 Å². The molecule has 0 aliphatic heterocycles. The molecule has 0 bridgehead atoms. The van der Waals surface area contributed by atoms with Gasteiger partial charge >= 0.3 is 5.97 Å². The molecule has 1 heterocycles. The Morgan fingerprint density at radius 2 is 2.46 bits per heavy atom. The minimum Gasteiger partial charge on any atom is -0.463 e. The second-order valence-corrected chi connectivity index (χ2v) is 2.87. The summed E-state index contributed by atoms with van der Waals surface area (Å²) in [4.78, 5) is 10.8. The lowest BCUT2D eigenvalue weighted by atomic mass is 10.4. The Morgan fingerprint density at radius 1 is 1.69 bits per heavy atom. The monoisotopic (exact) mass is 182 g/mol. The minimum absolute atomic E-state index is 0.102. The van der Waals surface area contributed by atoms with Crippen molar-refractivity contribution < 1.29 is 9.53 Å². The maximum Gasteiger partial charge on any atom is 0.305 e. The number of carbonyl (C=O) groups is 1. The van der Waals surface area contributed by atoms with Gasteiger partial charge in [0.1, 0.15) is 6.61 Å². The molecule has 0 amide bonds. The Labute approximate surface area is 77.5 Å². The van der Waals surface area contributed by atoms with Crippen molar-refractivity contribution in [3.05, 3.63) is 18.5 Å². The van der Waals surface area contributed by atoms with Crippen LogP contribution in [0, 0.1) is 0 Å². The summed E-state index contributed by atoms with van der Waals surface area (Å²) >= 11 is 0. The van der Waals surface area contributed by atoms with Gasteiger partial charge in [0.05, 0.1) is 6.04 Å². The van der Waals surface area contributed by atoms with Gasteiger partial charge in [-0.3, -0.25) is 9.48 Å². The van der Waals surface area contributed by atoms with Crippen LogP contribution in [-0.4, -0.2) is 22.4 Å². The zero-order valence-electron chi connectivity index (χ0n) is 7.93. The molecule has 1 unspecified atom stereocenters. The topological polar surface area (TPSA) is 44.1 Å². The van der Waals surface area contributed by atoms with Gasteiger partial charge < -0.3 is 4.74 Å². The van der Waals surface area contributed by atoms with Crippen LogP contribution in [-0.2, 0) is 9.53 Å². The molecule has 4 nitrogen and oxygen atoms in total. The van der Waals surface area contributed by atoms with E-state index in [0.717, 1.165) is 0 Å². The molecule has 0 aliphatic carbocycles. The normalized spacial score (nSPS) is 12.5. The maximum atomic E-state index is 10.8. The molecule has 0 saturated heterocycles. The average molecular weight is 182 g/mol. The van der Waals surface area contributed by atoms with Gasteiger partial charge in [0.25, 0.3) is 0 Å². The lowest BCUT2D eigenvalue weighted by Gasteiger charge is -2.11. The van der Waals surface area contributed by atoms with Gasteiger partial charge in [-0.25, -0.2) is 0 Å². The van der Waals surface area contributed by atoms with Crippen molar-refractivity contribution in [1.82, 2.24) is 9.78 Å². The summed E-state index contributed by atoms with van der Waals surface area (Å²) in [6.07, 6.45) is 3.98. The smallest absolute Gasteiger partial charge is 0.305 e. The highest BCUT2D eigenvalue weighted by Crippen LogP contribution is 2.03. The van der Waals surface area contributed by atoms with Crippen molar-refractivity contribution in [1.29, 1.82) is 0 Å². The zero-order valence-corrected chi connectivity index (χ0v) is 7.93. The van der Waals surface area contributed by atoms with Gasteiger partial charge in [-0.05, 0) is 13.0 Å². The highest BCUT2D eigenvalue weighted by atomic mass is 16.5. The molecule has 1 aromatic heterocycles. The van der Waals surface area contributed by atoms with E-state index in [-0.39, 0.29) is 12.0 Å². The molecule has 0 saturated carbocycles. The summed E-state index contributed by atoms with van der Waals surface area (Å²) in [7, 11) is 0. The molecular weight excluding hydrogens is 168 g/mol. The predicted octanol–water partition coefficient (Wildman–Crippen LogP) is 1.40. The van der Waals surface area contributed by atoms with Crippen molar-refractivity contribution in [2.24, 2.45) is 0 Å². The number of carbonyl (C=O) groups excluding carboxylic acids is 1. The lowest BCUT2D eigenvalue weighted by Crippen LogP contribution is -2.15. The maximum absolute atomic E-state index is 10.8. The molecule has 0 fully saturated rings. The average Bonchev–Trinajstić information content (AvgIpc) is 2.66. The Kier molecular flexibility index (Phi) is 3.49. The third-order valence-corrected chi connectivity index (χ3v) is 1.75. The van der Waals surface area contributed by atoms with E-state index >= 15 is 0 Å². The first-order valence-electron chi connectivity index (χ1n) is 4.38. The van der Waals surface area contributed by atoms with Gasteiger partial charge in [0.15, 0.2) is 0 Å². The summed E-state index contributed by atoms with van der Waals surface area (Å²) in [6.45, 7) is 4.12. The van der Waals surface area contributed by atoms with Gasteiger partial charge in [0.2, 0.25) is 0 Å². The largest absolute Gasteiger partial charge is 0.463 e. The highest BCUT2D eigenvalue weighted by Gasteiger charge is 2.06. The Hall–Kier alpha value is -1.32. The molecule has 1 aromatic rings. The van der Waals surface area contributed by atoms with E-state index < -0.39 is 0 Å². The third-order valence-electron chi connectivity index (χ3n) is 1.75. The summed E-state index contributed by atoms with van der Waals surface area (Å²) < 4.78 is 6.74. The summed E-state index contributed by atoms with van der Waals surface area (Å²) in [5, 5.41) is 4.05. The first kappa shape index (κ1) is 9.77. The van der Waals surface area contributed by atoms with Crippen LogP contribution in [0.3, 0.4) is 0 Å². The molecule has 4 heteroatoms. The molecule has 0 N–H and O–H groups in total. The van der Waals surface area contributed by atoms with Gasteiger partial charge in [0, 0.05) is 18.8 Å². The fourth-order valence-corrected chi connectivity index (χ4v) is 0.933. The molecule has 1 atom stereocenters. The number of ether oxygens (including phenoxy) is 1. The number of hydrogen-bond acceptors (Lipinski definition) is 3. The van der Waals surface area contributed by atoms with Crippen LogP contribution in [0.25, 0.3) is 0 Å². The van der Waals surface area contributed by atoms with Crippen LogP contribution in [0.15, 0.2) is 18.5 Å². The minimum atomic E-state index is -0.168. The van der Waals surface area contributed by atoms with E-state index in [1.54, 1.807) is 17.8 Å². The fraction of sp³-hybridized carbons (Fsp3) is 0.556. The van der Waals surface area contributed by atoms with Gasteiger partial charge in [-0.15, -0.1) is 0 Å². The summed E-state index contributed by atoms with van der Waals surface area (Å²) in [5.74, 6) is -0.168. The van der Waals surface area contributed by atoms with E-state index in [1.807, 2.05) is 19.2 Å². The highest BCUT2D eigenvalue weighted by molar-refractivity contribution is 5.68. The number of esters is 1. The standard InChI is InChI=1S/C9H14N2O2/c1-3-9(12)13-7-8(2)11-6-4-5-10-11/h4-6,8H,3,7H2,1-2H3. The van der Waals surface area contributed by atoms with E-state index in [1.165, 1.54) is 0 Å². The first-order valence-corrected chi connectivity index (χ1v) is 4.38. The molecule has 1 rings (SSSR count). The second-order valence-electron chi connectivity index (χ2n) is 2.87. The van der Waals surface area contributed by atoms with Crippen LogP contribution < -0.4 is 0 Å². The first-order chi connectivity index (χ1) is 6.24. The van der Waals surface area contributed by atoms with E-state index in [0.29, 0.717) is 13.0 Å². The summed E-state index contributed by atoms with van der Waals surface area (Å²) in [5.41, 5.74) is 0. The number of rotatable bonds is 4. The van der Waals surface area contributed by atoms with E-state index in [9.17, 15) is 4.79 Å². The molecule has 72 valence electrons. The molecule has 0 aliphatic rings. The van der Waals surface area contributed by atoms with Gasteiger partial charge in [-0.1, -0.05) is 6.92 Å². The number of nitrogens with zero attached hydrogens (tertiary/aromatic N) is 2. The van der Waals surface area contributed by atoms with Crippen LogP contribution in [0.5, 0.6) is 0 Å².